The first kappa shape index (κ1) is 23.0. The smallest absolute Gasteiger partial charge is 0.406 e. The zero-order valence-corrected chi connectivity index (χ0v) is 15.2. The third-order valence-electron chi connectivity index (χ3n) is 4.49. The number of para-hydroxylation sites is 1. The van der Waals surface area contributed by atoms with Crippen LogP contribution in [0.4, 0.5) is 24.5 Å². The zero-order chi connectivity index (χ0) is 23.5. The highest BCUT2D eigenvalue weighted by Gasteiger charge is 2.77. The fourth-order valence-corrected chi connectivity index (χ4v) is 3.13. The highest BCUT2D eigenvalue weighted by molar-refractivity contribution is 5.59. The minimum Gasteiger partial charge on any atom is -0.406 e. The molecule has 0 unspecified atom stereocenters. The standard InChI is InChI=1S/C17H17F3N2O9/c18-17(19,20)31-12-8-6-11(7-9-12)22-15(27,28)13(23,24)21(10-4-2-1-3-5-10)14(25,26)16(22,29)30/h1-9,23-30H. The zero-order valence-electron chi connectivity index (χ0n) is 15.2. The Morgan fingerprint density at radius 1 is 0.581 bits per heavy atom. The molecule has 11 nitrogen and oxygen atoms in total. The van der Waals surface area contributed by atoms with Crippen molar-refractivity contribution >= 4 is 11.4 Å². The van der Waals surface area contributed by atoms with Gasteiger partial charge in [0, 0.05) is 11.4 Å². The number of hydrogen-bond donors (Lipinski definition) is 8. The van der Waals surface area contributed by atoms with Gasteiger partial charge >= 0.3 is 30.0 Å². The number of alkyl halides is 3. The van der Waals surface area contributed by atoms with Crippen LogP contribution in [0.2, 0.25) is 0 Å². The molecule has 0 atom stereocenters. The minimum atomic E-state index is -5.06. The molecule has 0 bridgehead atoms. The molecule has 0 saturated carbocycles. The molecule has 1 heterocycles. The molecule has 0 spiro atoms. The van der Waals surface area contributed by atoms with Crippen LogP contribution in [0.15, 0.2) is 54.6 Å². The third-order valence-corrected chi connectivity index (χ3v) is 4.49. The molecule has 1 saturated heterocycles. The van der Waals surface area contributed by atoms with Gasteiger partial charge in [-0.3, -0.25) is 9.80 Å². The van der Waals surface area contributed by atoms with Gasteiger partial charge in [-0.05, 0) is 36.4 Å². The van der Waals surface area contributed by atoms with Gasteiger partial charge in [0.1, 0.15) is 5.75 Å². The number of rotatable bonds is 3. The normalized spacial score (nSPS) is 21.6. The third kappa shape index (κ3) is 3.54. The number of hydrogen-bond acceptors (Lipinski definition) is 11. The average molecular weight is 450 g/mol. The van der Waals surface area contributed by atoms with Crippen molar-refractivity contribution < 1.29 is 58.8 Å². The molecule has 0 radical (unpaired) electrons. The molecule has 0 aliphatic carbocycles. The number of ether oxygens (including phenoxy) is 1. The maximum atomic E-state index is 12.3. The van der Waals surface area contributed by atoms with E-state index in [4.69, 9.17) is 0 Å². The summed E-state index contributed by atoms with van der Waals surface area (Å²) in [7, 11) is 0. The molecular weight excluding hydrogens is 433 g/mol. The molecule has 0 amide bonds. The van der Waals surface area contributed by atoms with Crippen LogP contribution in [0.25, 0.3) is 0 Å². The fourth-order valence-electron chi connectivity index (χ4n) is 3.13. The molecule has 31 heavy (non-hydrogen) atoms. The summed E-state index contributed by atoms with van der Waals surface area (Å²) < 4.78 is 40.6. The van der Waals surface area contributed by atoms with E-state index in [1.165, 1.54) is 18.2 Å². The lowest BCUT2D eigenvalue weighted by Gasteiger charge is -2.61. The highest BCUT2D eigenvalue weighted by Crippen LogP contribution is 2.48. The van der Waals surface area contributed by atoms with E-state index in [0.717, 1.165) is 12.1 Å². The van der Waals surface area contributed by atoms with Crippen molar-refractivity contribution in [2.75, 3.05) is 9.80 Å². The fraction of sp³-hybridized carbons (Fsp3) is 0.294. The van der Waals surface area contributed by atoms with E-state index >= 15 is 0 Å². The molecule has 1 aliphatic heterocycles. The first-order valence-corrected chi connectivity index (χ1v) is 8.34. The van der Waals surface area contributed by atoms with E-state index < -0.39 is 52.0 Å². The van der Waals surface area contributed by atoms with E-state index in [2.05, 4.69) is 4.74 Å². The Labute approximate surface area is 171 Å². The predicted molar refractivity (Wildman–Crippen MR) is 93.2 cm³/mol. The lowest BCUT2D eigenvalue weighted by atomic mass is 10.0. The Bertz CT molecular complexity index is 906. The Morgan fingerprint density at radius 2 is 0.935 bits per heavy atom. The summed E-state index contributed by atoms with van der Waals surface area (Å²) in [6.45, 7) is 0. The molecular formula is C17H17F3N2O9. The summed E-state index contributed by atoms with van der Waals surface area (Å²) in [5.41, 5.74) is -1.27. The summed E-state index contributed by atoms with van der Waals surface area (Å²) in [6, 6.07) is 8.59. The number of aliphatic hydroxyl groups is 8. The van der Waals surface area contributed by atoms with Gasteiger partial charge in [-0.15, -0.1) is 13.2 Å². The molecule has 170 valence electrons. The maximum Gasteiger partial charge on any atom is 0.573 e. The van der Waals surface area contributed by atoms with Crippen LogP contribution in [0, 0.1) is 0 Å². The topological polar surface area (TPSA) is 178 Å². The Hall–Kier alpha value is -2.69. The van der Waals surface area contributed by atoms with Crippen molar-refractivity contribution in [1.29, 1.82) is 0 Å². The van der Waals surface area contributed by atoms with Crippen LogP contribution in [0.5, 0.6) is 5.75 Å². The van der Waals surface area contributed by atoms with Gasteiger partial charge in [-0.1, -0.05) is 18.2 Å². The van der Waals surface area contributed by atoms with Gasteiger partial charge in [0.05, 0.1) is 0 Å². The molecule has 2 aromatic rings. The molecule has 14 heteroatoms. The van der Waals surface area contributed by atoms with Gasteiger partial charge in [-0.25, -0.2) is 0 Å². The van der Waals surface area contributed by atoms with E-state index in [1.807, 2.05) is 0 Å². The van der Waals surface area contributed by atoms with Gasteiger partial charge in [0.2, 0.25) is 0 Å². The van der Waals surface area contributed by atoms with E-state index in [-0.39, 0.29) is 4.90 Å². The largest absolute Gasteiger partial charge is 0.573 e. The Morgan fingerprint density at radius 3 is 1.29 bits per heavy atom. The maximum absolute atomic E-state index is 12.3. The highest BCUT2D eigenvalue weighted by atomic mass is 19.4. The Balaban J connectivity index is 2.13. The monoisotopic (exact) mass is 450 g/mol. The van der Waals surface area contributed by atoms with Crippen LogP contribution >= 0.6 is 0 Å². The van der Waals surface area contributed by atoms with Crippen molar-refractivity contribution in [2.45, 2.75) is 30.0 Å². The number of anilines is 2. The van der Waals surface area contributed by atoms with Crippen molar-refractivity contribution in [2.24, 2.45) is 0 Å². The van der Waals surface area contributed by atoms with Crippen molar-refractivity contribution in [1.82, 2.24) is 0 Å². The lowest BCUT2D eigenvalue weighted by molar-refractivity contribution is -0.469. The summed E-state index contributed by atoms with van der Waals surface area (Å²) in [6.07, 6.45) is -5.06. The second-order valence-corrected chi connectivity index (χ2v) is 6.59. The van der Waals surface area contributed by atoms with Crippen molar-refractivity contribution in [3.63, 3.8) is 0 Å². The first-order valence-electron chi connectivity index (χ1n) is 8.34. The second-order valence-electron chi connectivity index (χ2n) is 6.59. The number of piperazine rings is 1. The summed E-state index contributed by atoms with van der Waals surface area (Å²) >= 11 is 0. The van der Waals surface area contributed by atoms with E-state index in [0.29, 0.717) is 24.3 Å². The summed E-state index contributed by atoms with van der Waals surface area (Å²) in [4.78, 5) is -0.728. The predicted octanol–water partition coefficient (Wildman–Crippen LogP) is -1.53. The SMILES string of the molecule is OC1(O)N(c2ccccc2)C(O)(O)C(O)(O)N(c2ccc(OC(F)(F)F)cc2)C1(O)O. The number of halogens is 3. The van der Waals surface area contributed by atoms with Crippen molar-refractivity contribution in [3.8, 4) is 5.75 Å². The molecule has 1 fully saturated rings. The quantitative estimate of drug-likeness (QED) is 0.254. The van der Waals surface area contributed by atoms with Gasteiger partial charge in [0.25, 0.3) is 0 Å². The number of benzene rings is 2. The van der Waals surface area contributed by atoms with E-state index in [1.54, 1.807) is 0 Å². The summed E-state index contributed by atoms with van der Waals surface area (Å²) in [5.74, 6) is -17.0. The van der Waals surface area contributed by atoms with Crippen molar-refractivity contribution in [3.05, 3.63) is 54.6 Å². The molecule has 1 aliphatic rings. The molecule has 3 rings (SSSR count). The van der Waals surface area contributed by atoms with Crippen LogP contribution in [0.1, 0.15) is 0 Å². The van der Waals surface area contributed by atoms with Gasteiger partial charge in [-0.2, -0.15) is 0 Å². The van der Waals surface area contributed by atoms with Crippen LogP contribution in [-0.2, 0) is 0 Å². The van der Waals surface area contributed by atoms with Crippen LogP contribution in [-0.4, -0.2) is 70.9 Å². The Kier molecular flexibility index (Phi) is 5.12. The lowest BCUT2D eigenvalue weighted by Crippen LogP contribution is -2.91. The summed E-state index contributed by atoms with van der Waals surface area (Å²) in [5, 5.41) is 83.6. The van der Waals surface area contributed by atoms with E-state index in [9.17, 15) is 54.0 Å². The number of nitrogens with zero attached hydrogens (tertiary/aromatic N) is 2. The van der Waals surface area contributed by atoms with Gasteiger partial charge in [0.15, 0.2) is 0 Å². The second kappa shape index (κ2) is 6.91. The average Bonchev–Trinajstić information content (AvgIpc) is 2.61. The minimum absolute atomic E-state index is 0.294. The molecule has 2 aromatic carbocycles. The van der Waals surface area contributed by atoms with Crippen LogP contribution in [0.3, 0.4) is 0 Å². The first-order chi connectivity index (χ1) is 14.0. The molecule has 0 aromatic heterocycles. The van der Waals surface area contributed by atoms with Crippen LogP contribution < -0.4 is 14.5 Å². The van der Waals surface area contributed by atoms with Gasteiger partial charge < -0.3 is 45.6 Å². The molecule has 8 N–H and O–H groups in total.